The standard InChI is InChI=1S/C18H27N3O2/c1-13-7-4-8-16(14(13)2)17-9-5-12-21(17)18(23)20-11-6-10-19-15(3)22/h4,7-8,17H,5-6,9-12H2,1-3H3,(H,19,22)(H,20,23). The van der Waals surface area contributed by atoms with E-state index in [9.17, 15) is 9.59 Å². The van der Waals surface area contributed by atoms with Crippen LogP contribution in [0.1, 0.15) is 48.9 Å². The molecular weight excluding hydrogens is 290 g/mol. The molecule has 1 aromatic rings. The molecule has 1 aliphatic heterocycles. The fourth-order valence-electron chi connectivity index (χ4n) is 3.12. The first-order valence-electron chi connectivity index (χ1n) is 8.35. The van der Waals surface area contributed by atoms with Gasteiger partial charge in [0.05, 0.1) is 6.04 Å². The van der Waals surface area contributed by atoms with Crippen molar-refractivity contribution in [2.75, 3.05) is 19.6 Å². The molecule has 1 aliphatic rings. The van der Waals surface area contributed by atoms with Crippen LogP contribution in [0.5, 0.6) is 0 Å². The lowest BCUT2D eigenvalue weighted by Gasteiger charge is -2.27. The Morgan fingerprint density at radius 1 is 1.22 bits per heavy atom. The number of amides is 3. The van der Waals surface area contributed by atoms with Gasteiger partial charge in [-0.1, -0.05) is 18.2 Å². The summed E-state index contributed by atoms with van der Waals surface area (Å²) in [6.07, 6.45) is 2.80. The predicted molar refractivity (Wildman–Crippen MR) is 91.3 cm³/mol. The Balaban J connectivity index is 1.92. The van der Waals surface area contributed by atoms with E-state index in [4.69, 9.17) is 0 Å². The monoisotopic (exact) mass is 317 g/mol. The summed E-state index contributed by atoms with van der Waals surface area (Å²) >= 11 is 0. The number of hydrogen-bond donors (Lipinski definition) is 2. The topological polar surface area (TPSA) is 61.4 Å². The first-order chi connectivity index (χ1) is 11.0. The largest absolute Gasteiger partial charge is 0.356 e. The second-order valence-corrected chi connectivity index (χ2v) is 6.21. The van der Waals surface area contributed by atoms with Crippen LogP contribution in [0, 0.1) is 13.8 Å². The molecule has 1 atom stereocenters. The Bertz CT molecular complexity index is 571. The predicted octanol–water partition coefficient (Wildman–Crippen LogP) is 2.68. The maximum Gasteiger partial charge on any atom is 0.317 e. The third-order valence-corrected chi connectivity index (χ3v) is 4.52. The van der Waals surface area contributed by atoms with Crippen LogP contribution in [0.25, 0.3) is 0 Å². The highest BCUT2D eigenvalue weighted by atomic mass is 16.2. The van der Waals surface area contributed by atoms with Crippen LogP contribution in [-0.2, 0) is 4.79 Å². The van der Waals surface area contributed by atoms with Gasteiger partial charge in [0, 0.05) is 26.6 Å². The van der Waals surface area contributed by atoms with Crippen molar-refractivity contribution in [2.24, 2.45) is 0 Å². The number of urea groups is 1. The first kappa shape index (κ1) is 17.3. The molecule has 2 rings (SSSR count). The molecule has 126 valence electrons. The molecule has 0 spiro atoms. The maximum absolute atomic E-state index is 12.4. The van der Waals surface area contributed by atoms with Gasteiger partial charge in [0.15, 0.2) is 0 Å². The summed E-state index contributed by atoms with van der Waals surface area (Å²) in [6.45, 7) is 7.71. The second kappa shape index (κ2) is 7.99. The molecule has 0 radical (unpaired) electrons. The molecule has 2 N–H and O–H groups in total. The SMILES string of the molecule is CC(=O)NCCCNC(=O)N1CCCC1c1cccc(C)c1C. The quantitative estimate of drug-likeness (QED) is 0.820. The minimum Gasteiger partial charge on any atom is -0.356 e. The molecule has 1 unspecified atom stereocenters. The Morgan fingerprint density at radius 2 is 1.96 bits per heavy atom. The van der Waals surface area contributed by atoms with Crippen molar-refractivity contribution in [3.8, 4) is 0 Å². The van der Waals surface area contributed by atoms with Gasteiger partial charge in [0.1, 0.15) is 0 Å². The maximum atomic E-state index is 12.4. The van der Waals surface area contributed by atoms with E-state index in [1.807, 2.05) is 4.90 Å². The van der Waals surface area contributed by atoms with Gasteiger partial charge in [0.2, 0.25) is 5.91 Å². The van der Waals surface area contributed by atoms with Crippen molar-refractivity contribution >= 4 is 11.9 Å². The number of benzene rings is 1. The number of nitrogens with one attached hydrogen (secondary N) is 2. The summed E-state index contributed by atoms with van der Waals surface area (Å²) in [5.74, 6) is -0.0362. The highest BCUT2D eigenvalue weighted by Gasteiger charge is 2.30. The van der Waals surface area contributed by atoms with Crippen LogP contribution >= 0.6 is 0 Å². The van der Waals surface area contributed by atoms with E-state index >= 15 is 0 Å². The second-order valence-electron chi connectivity index (χ2n) is 6.21. The summed E-state index contributed by atoms with van der Waals surface area (Å²) in [7, 11) is 0. The lowest BCUT2D eigenvalue weighted by atomic mass is 9.96. The van der Waals surface area contributed by atoms with Gasteiger partial charge in [0.25, 0.3) is 0 Å². The molecule has 0 bridgehead atoms. The minimum absolute atomic E-state index is 0.00349. The van der Waals surface area contributed by atoms with Crippen molar-refractivity contribution < 1.29 is 9.59 Å². The smallest absolute Gasteiger partial charge is 0.317 e. The molecule has 23 heavy (non-hydrogen) atoms. The molecule has 1 fully saturated rings. The van der Waals surface area contributed by atoms with E-state index in [2.05, 4.69) is 42.7 Å². The lowest BCUT2D eigenvalue weighted by Crippen LogP contribution is -2.40. The van der Waals surface area contributed by atoms with Gasteiger partial charge in [-0.15, -0.1) is 0 Å². The van der Waals surface area contributed by atoms with Crippen molar-refractivity contribution in [2.45, 2.75) is 46.1 Å². The molecule has 1 heterocycles. The van der Waals surface area contributed by atoms with Crippen molar-refractivity contribution in [3.05, 3.63) is 34.9 Å². The zero-order valence-corrected chi connectivity index (χ0v) is 14.3. The summed E-state index contributed by atoms with van der Waals surface area (Å²) in [4.78, 5) is 25.2. The normalized spacial score (nSPS) is 17.2. The fraction of sp³-hybridized carbons (Fsp3) is 0.556. The molecule has 1 aromatic carbocycles. The van der Waals surface area contributed by atoms with E-state index in [-0.39, 0.29) is 18.0 Å². The van der Waals surface area contributed by atoms with Crippen LogP contribution < -0.4 is 10.6 Å². The Labute approximate surface area is 138 Å². The van der Waals surface area contributed by atoms with Crippen LogP contribution in [0.3, 0.4) is 0 Å². The van der Waals surface area contributed by atoms with Gasteiger partial charge in [-0.25, -0.2) is 4.79 Å². The van der Waals surface area contributed by atoms with Crippen molar-refractivity contribution in [1.29, 1.82) is 0 Å². The molecule has 0 saturated carbocycles. The first-order valence-corrected chi connectivity index (χ1v) is 8.35. The van der Waals surface area contributed by atoms with E-state index in [1.54, 1.807) is 0 Å². The number of hydrogen-bond acceptors (Lipinski definition) is 2. The Kier molecular flexibility index (Phi) is 6.02. The molecule has 5 heteroatoms. The minimum atomic E-state index is -0.0362. The summed E-state index contributed by atoms with van der Waals surface area (Å²) in [6, 6.07) is 6.48. The average molecular weight is 317 g/mol. The third kappa shape index (κ3) is 4.47. The molecule has 1 saturated heterocycles. The molecule has 5 nitrogen and oxygen atoms in total. The Morgan fingerprint density at radius 3 is 2.70 bits per heavy atom. The number of likely N-dealkylation sites (tertiary alicyclic amines) is 1. The van der Waals surface area contributed by atoms with Crippen LogP contribution in [0.2, 0.25) is 0 Å². The summed E-state index contributed by atoms with van der Waals surface area (Å²) in [5.41, 5.74) is 3.81. The highest BCUT2D eigenvalue weighted by molar-refractivity contribution is 5.75. The van der Waals surface area contributed by atoms with Gasteiger partial charge < -0.3 is 15.5 Å². The molecule has 0 aromatic heterocycles. The van der Waals surface area contributed by atoms with Crippen molar-refractivity contribution in [1.82, 2.24) is 15.5 Å². The van der Waals surface area contributed by atoms with Gasteiger partial charge in [-0.3, -0.25) is 4.79 Å². The molecular formula is C18H27N3O2. The number of carbonyl (C=O) groups is 2. The zero-order chi connectivity index (χ0) is 16.8. The lowest BCUT2D eigenvalue weighted by molar-refractivity contribution is -0.118. The molecule has 3 amide bonds. The van der Waals surface area contributed by atoms with Crippen LogP contribution in [0.4, 0.5) is 4.79 Å². The van der Waals surface area contributed by atoms with Crippen molar-refractivity contribution in [3.63, 3.8) is 0 Å². The Hall–Kier alpha value is -2.04. The van der Waals surface area contributed by atoms with E-state index in [0.717, 1.165) is 25.8 Å². The number of nitrogens with zero attached hydrogens (tertiary/aromatic N) is 1. The fourth-order valence-corrected chi connectivity index (χ4v) is 3.12. The molecule has 0 aliphatic carbocycles. The van der Waals surface area contributed by atoms with Crippen LogP contribution in [0.15, 0.2) is 18.2 Å². The number of aryl methyl sites for hydroxylation is 1. The van der Waals surface area contributed by atoms with Gasteiger partial charge in [-0.05, 0) is 49.8 Å². The average Bonchev–Trinajstić information content (AvgIpc) is 2.98. The number of carbonyl (C=O) groups excluding carboxylic acids is 2. The van der Waals surface area contributed by atoms with E-state index in [1.165, 1.54) is 23.6 Å². The zero-order valence-electron chi connectivity index (χ0n) is 14.3. The summed E-state index contributed by atoms with van der Waals surface area (Å²) in [5, 5.41) is 5.70. The highest BCUT2D eigenvalue weighted by Crippen LogP contribution is 2.34. The third-order valence-electron chi connectivity index (χ3n) is 4.52. The number of rotatable bonds is 5. The van der Waals surface area contributed by atoms with E-state index < -0.39 is 0 Å². The van der Waals surface area contributed by atoms with Gasteiger partial charge >= 0.3 is 6.03 Å². The van der Waals surface area contributed by atoms with Crippen LogP contribution in [-0.4, -0.2) is 36.5 Å². The van der Waals surface area contributed by atoms with Gasteiger partial charge in [-0.2, -0.15) is 0 Å². The summed E-state index contributed by atoms with van der Waals surface area (Å²) < 4.78 is 0. The van der Waals surface area contributed by atoms with E-state index in [0.29, 0.717) is 13.1 Å².